The largest absolute Gasteiger partial charge is 0.342 e. The van der Waals surface area contributed by atoms with Crippen LogP contribution in [0.3, 0.4) is 0 Å². The van der Waals surface area contributed by atoms with Crippen LogP contribution in [0, 0.1) is 0 Å². The molecule has 3 aromatic rings. The summed E-state index contributed by atoms with van der Waals surface area (Å²) in [5.41, 5.74) is 1.94. The van der Waals surface area contributed by atoms with E-state index in [4.69, 9.17) is 0 Å². The van der Waals surface area contributed by atoms with Crippen molar-refractivity contribution >= 4 is 28.4 Å². The number of likely N-dealkylation sites (tertiary alicyclic amines) is 1. The summed E-state index contributed by atoms with van der Waals surface area (Å²) in [4.78, 5) is 14.6. The molecule has 1 amide bonds. The minimum absolute atomic E-state index is 0.208. The number of nitrogens with zero attached hydrogens (tertiary/aromatic N) is 3. The Morgan fingerprint density at radius 3 is 2.26 bits per heavy atom. The fourth-order valence-electron chi connectivity index (χ4n) is 3.54. The number of thioether (sulfide) groups is 1. The van der Waals surface area contributed by atoms with E-state index in [-0.39, 0.29) is 5.91 Å². The number of aromatic nitrogens is 2. The van der Waals surface area contributed by atoms with Crippen LogP contribution in [-0.4, -0.2) is 39.8 Å². The molecule has 4 rings (SSSR count). The number of rotatable bonds is 4. The number of benzene rings is 2. The highest BCUT2D eigenvalue weighted by atomic mass is 32.2. The molecule has 2 heterocycles. The Balaban J connectivity index is 1.57. The topological polar surface area (TPSA) is 46.1 Å². The summed E-state index contributed by atoms with van der Waals surface area (Å²) in [6, 6.07) is 18.3. The summed E-state index contributed by atoms with van der Waals surface area (Å²) in [5.74, 6) is 0.628. The van der Waals surface area contributed by atoms with Crippen LogP contribution in [-0.2, 0) is 4.79 Å². The minimum Gasteiger partial charge on any atom is -0.342 e. The second kappa shape index (κ2) is 8.53. The van der Waals surface area contributed by atoms with E-state index in [0.717, 1.165) is 53.0 Å². The van der Waals surface area contributed by atoms with Crippen LogP contribution < -0.4 is 0 Å². The van der Waals surface area contributed by atoms with E-state index < -0.39 is 0 Å². The van der Waals surface area contributed by atoms with E-state index in [1.54, 1.807) is 0 Å². The molecule has 1 aliphatic rings. The lowest BCUT2D eigenvalue weighted by Crippen LogP contribution is -2.33. The van der Waals surface area contributed by atoms with Crippen LogP contribution in [0.5, 0.6) is 0 Å². The zero-order valence-electron chi connectivity index (χ0n) is 15.3. The maximum atomic E-state index is 12.6. The molecule has 0 N–H and O–H groups in total. The summed E-state index contributed by atoms with van der Waals surface area (Å²) >= 11 is 1.50. The van der Waals surface area contributed by atoms with E-state index in [1.807, 2.05) is 47.4 Å². The predicted molar refractivity (Wildman–Crippen MR) is 111 cm³/mol. The van der Waals surface area contributed by atoms with Gasteiger partial charge in [-0.15, -0.1) is 10.2 Å². The fourth-order valence-corrected chi connectivity index (χ4v) is 4.41. The van der Waals surface area contributed by atoms with Gasteiger partial charge < -0.3 is 4.90 Å². The molecule has 1 saturated heterocycles. The van der Waals surface area contributed by atoms with Crippen molar-refractivity contribution in [2.24, 2.45) is 0 Å². The molecule has 0 aliphatic carbocycles. The zero-order chi connectivity index (χ0) is 18.5. The number of carbonyl (C=O) groups is 1. The molecule has 27 heavy (non-hydrogen) atoms. The van der Waals surface area contributed by atoms with Crippen molar-refractivity contribution in [2.45, 2.75) is 30.7 Å². The lowest BCUT2D eigenvalue weighted by Gasteiger charge is -2.20. The molecule has 1 fully saturated rings. The lowest BCUT2D eigenvalue weighted by molar-refractivity contribution is -0.128. The van der Waals surface area contributed by atoms with Crippen LogP contribution in [0.15, 0.2) is 59.6 Å². The second-order valence-corrected chi connectivity index (χ2v) is 7.81. The summed E-state index contributed by atoms with van der Waals surface area (Å²) in [6.45, 7) is 1.78. The highest BCUT2D eigenvalue weighted by Crippen LogP contribution is 2.31. The number of hydrogen-bond acceptors (Lipinski definition) is 4. The molecule has 0 radical (unpaired) electrons. The number of fused-ring (bicyclic) bond motifs is 1. The third-order valence-corrected chi connectivity index (χ3v) is 5.96. The van der Waals surface area contributed by atoms with Crippen molar-refractivity contribution in [1.82, 2.24) is 15.1 Å². The summed E-state index contributed by atoms with van der Waals surface area (Å²) in [6.07, 6.45) is 4.69. The van der Waals surface area contributed by atoms with Crippen molar-refractivity contribution in [1.29, 1.82) is 0 Å². The van der Waals surface area contributed by atoms with Gasteiger partial charge in [0.1, 0.15) is 10.7 Å². The Kier molecular flexibility index (Phi) is 5.68. The van der Waals surface area contributed by atoms with Gasteiger partial charge in [-0.25, -0.2) is 0 Å². The number of amides is 1. The Morgan fingerprint density at radius 1 is 0.852 bits per heavy atom. The first-order valence-corrected chi connectivity index (χ1v) is 10.5. The molecule has 138 valence electrons. The molecule has 5 heteroatoms. The average molecular weight is 378 g/mol. The minimum atomic E-state index is 0.208. The normalized spacial score (nSPS) is 14.9. The molecule has 0 saturated carbocycles. The first kappa shape index (κ1) is 18.0. The summed E-state index contributed by atoms with van der Waals surface area (Å²) in [5, 5.41) is 11.9. The average Bonchev–Trinajstić information content (AvgIpc) is 3.02. The van der Waals surface area contributed by atoms with Gasteiger partial charge in [0.25, 0.3) is 0 Å². The maximum absolute atomic E-state index is 12.6. The Labute approximate surface area is 164 Å². The smallest absolute Gasteiger partial charge is 0.232 e. The second-order valence-electron chi connectivity index (χ2n) is 6.85. The van der Waals surface area contributed by atoms with Gasteiger partial charge in [0.2, 0.25) is 5.91 Å². The van der Waals surface area contributed by atoms with E-state index >= 15 is 0 Å². The lowest BCUT2D eigenvalue weighted by atomic mass is 10.1. The quantitative estimate of drug-likeness (QED) is 0.613. The summed E-state index contributed by atoms with van der Waals surface area (Å²) < 4.78 is 0. The van der Waals surface area contributed by atoms with Gasteiger partial charge in [-0.05, 0) is 12.8 Å². The van der Waals surface area contributed by atoms with Gasteiger partial charge in [0.15, 0.2) is 0 Å². The molecule has 0 unspecified atom stereocenters. The van der Waals surface area contributed by atoms with Crippen LogP contribution >= 0.6 is 11.8 Å². The molecular formula is C22H23N3OS. The van der Waals surface area contributed by atoms with E-state index in [2.05, 4.69) is 22.3 Å². The van der Waals surface area contributed by atoms with E-state index in [1.165, 1.54) is 24.6 Å². The van der Waals surface area contributed by atoms with Crippen LogP contribution in [0.2, 0.25) is 0 Å². The predicted octanol–water partition coefficient (Wildman–Crippen LogP) is 4.79. The van der Waals surface area contributed by atoms with Gasteiger partial charge in [-0.1, -0.05) is 79.2 Å². The van der Waals surface area contributed by atoms with Gasteiger partial charge in [0.05, 0.1) is 5.75 Å². The van der Waals surface area contributed by atoms with Crippen molar-refractivity contribution < 1.29 is 4.79 Å². The molecule has 0 bridgehead atoms. The van der Waals surface area contributed by atoms with Crippen molar-refractivity contribution in [2.75, 3.05) is 18.8 Å². The number of hydrogen-bond donors (Lipinski definition) is 0. The van der Waals surface area contributed by atoms with Crippen LogP contribution in [0.4, 0.5) is 0 Å². The first-order valence-electron chi connectivity index (χ1n) is 9.54. The van der Waals surface area contributed by atoms with Gasteiger partial charge in [-0.3, -0.25) is 4.79 Å². The monoisotopic (exact) mass is 377 g/mol. The van der Waals surface area contributed by atoms with Gasteiger partial charge in [0, 0.05) is 29.4 Å². The Hall–Kier alpha value is -2.40. The standard InChI is InChI=1S/C22H23N3OS/c26-20(25-14-8-1-2-9-15-25)16-27-22-19-13-7-6-12-18(19)21(23-24-22)17-10-4-3-5-11-17/h3-7,10-13H,1-2,8-9,14-16H2. The first-order chi connectivity index (χ1) is 13.3. The highest BCUT2D eigenvalue weighted by molar-refractivity contribution is 8.00. The van der Waals surface area contributed by atoms with E-state index in [0.29, 0.717) is 5.75 Å². The molecule has 0 spiro atoms. The third kappa shape index (κ3) is 4.14. The maximum Gasteiger partial charge on any atom is 0.232 e. The van der Waals surface area contributed by atoms with Crippen molar-refractivity contribution in [3.8, 4) is 11.3 Å². The van der Waals surface area contributed by atoms with Gasteiger partial charge >= 0.3 is 0 Å². The molecule has 0 atom stereocenters. The Bertz CT molecular complexity index is 921. The van der Waals surface area contributed by atoms with Crippen LogP contribution in [0.25, 0.3) is 22.0 Å². The third-order valence-electron chi connectivity index (χ3n) is 4.99. The van der Waals surface area contributed by atoms with Crippen molar-refractivity contribution in [3.05, 3.63) is 54.6 Å². The van der Waals surface area contributed by atoms with Crippen molar-refractivity contribution in [3.63, 3.8) is 0 Å². The Morgan fingerprint density at radius 2 is 1.52 bits per heavy atom. The van der Waals surface area contributed by atoms with E-state index in [9.17, 15) is 4.79 Å². The van der Waals surface area contributed by atoms with Crippen LogP contribution in [0.1, 0.15) is 25.7 Å². The fraction of sp³-hybridized carbons (Fsp3) is 0.318. The molecule has 2 aromatic carbocycles. The molecule has 4 nitrogen and oxygen atoms in total. The SMILES string of the molecule is O=C(CSc1nnc(-c2ccccc2)c2ccccc12)N1CCCCCC1. The summed E-state index contributed by atoms with van der Waals surface area (Å²) in [7, 11) is 0. The zero-order valence-corrected chi connectivity index (χ0v) is 16.1. The van der Waals surface area contributed by atoms with Gasteiger partial charge in [-0.2, -0.15) is 0 Å². The molecule has 1 aliphatic heterocycles. The number of carbonyl (C=O) groups excluding carboxylic acids is 1. The molecule has 1 aromatic heterocycles. The molecular weight excluding hydrogens is 354 g/mol. The highest BCUT2D eigenvalue weighted by Gasteiger charge is 2.17.